The summed E-state index contributed by atoms with van der Waals surface area (Å²) in [6, 6.07) is 10.6. The van der Waals surface area contributed by atoms with Crippen molar-refractivity contribution >= 4 is 34.8 Å². The zero-order valence-corrected chi connectivity index (χ0v) is 19.7. The van der Waals surface area contributed by atoms with E-state index in [-0.39, 0.29) is 65.3 Å². The van der Waals surface area contributed by atoms with Crippen LogP contribution >= 0.6 is 9.24 Å². The fourth-order valence-electron chi connectivity index (χ4n) is 3.01. The minimum atomic E-state index is -4.78. The van der Waals surface area contributed by atoms with Gasteiger partial charge in [0.05, 0.1) is 15.4 Å². The van der Waals surface area contributed by atoms with Gasteiger partial charge >= 0.3 is 43.9 Å². The van der Waals surface area contributed by atoms with Crippen molar-refractivity contribution in [3.63, 3.8) is 0 Å². The van der Waals surface area contributed by atoms with Gasteiger partial charge in [-0.15, -0.1) is 6.07 Å². The molecule has 164 valence electrons. The maximum absolute atomic E-state index is 13.8. The Morgan fingerprint density at radius 2 is 1.00 bits per heavy atom. The third-order valence-electron chi connectivity index (χ3n) is 4.37. The number of rotatable bonds is 4. The van der Waals surface area contributed by atoms with Gasteiger partial charge in [0, 0.05) is 0 Å². The largest absolute Gasteiger partial charge is 1.45 e. The molecule has 14 heteroatoms. The predicted octanol–water partition coefficient (Wildman–Crippen LogP) is -1.42. The van der Waals surface area contributed by atoms with Gasteiger partial charge in [-0.3, -0.25) is 9.11 Å². The van der Waals surface area contributed by atoms with E-state index < -0.39 is 41.8 Å². The summed E-state index contributed by atoms with van der Waals surface area (Å²) >= 11 is 0. The number of hydrogen-bond acceptors (Lipinski definition) is 4. The standard InChI is InChI=1S/C19H12F3O6PS2.2Li/c20-19(21,22)15-9-10-16(29)18(12-3-7-14(8-4-12)31(26,27)28)17(15)11-1-5-13(6-2-11)30(23,24)25;;/h1-10H,(H,23,24,25)(H,26,27,28);;/q-2;2*+1. The molecule has 0 amide bonds. The molecule has 0 heterocycles. The molecule has 0 saturated carbocycles. The molecule has 0 aliphatic heterocycles. The number of alkyl halides is 3. The second-order valence-corrected chi connectivity index (χ2v) is 9.70. The van der Waals surface area contributed by atoms with Gasteiger partial charge in [0.2, 0.25) is 0 Å². The topological polar surface area (TPSA) is 109 Å². The number of hydrogen-bond donors (Lipinski definition) is 2. The van der Waals surface area contributed by atoms with Crippen LogP contribution in [0.3, 0.4) is 0 Å². The Hall–Kier alpha value is -1.11. The molecule has 0 radical (unpaired) electrons. The average molecular weight is 502 g/mol. The molecule has 3 rings (SSSR count). The van der Waals surface area contributed by atoms with Gasteiger partial charge in [-0.25, -0.2) is 0 Å². The van der Waals surface area contributed by atoms with Gasteiger partial charge in [-0.1, -0.05) is 35.9 Å². The second kappa shape index (κ2) is 10.7. The molecule has 3 aromatic rings. The van der Waals surface area contributed by atoms with E-state index in [0.29, 0.717) is 0 Å². The number of halogens is 3. The van der Waals surface area contributed by atoms with E-state index in [0.717, 1.165) is 48.5 Å². The van der Waals surface area contributed by atoms with Crippen LogP contribution in [0.2, 0.25) is 0 Å². The van der Waals surface area contributed by atoms with E-state index in [4.69, 9.17) is 9.11 Å². The summed E-state index contributed by atoms with van der Waals surface area (Å²) in [5.74, 6) is 0. The maximum Gasteiger partial charge on any atom is 1.00 e. The third kappa shape index (κ3) is 6.73. The third-order valence-corrected chi connectivity index (χ3v) is 6.48. The molecule has 0 aliphatic rings. The van der Waals surface area contributed by atoms with Crippen LogP contribution in [-0.4, -0.2) is 25.9 Å². The van der Waals surface area contributed by atoms with E-state index in [9.17, 15) is 30.0 Å². The fourth-order valence-corrected chi connectivity index (χ4v) is 4.28. The minimum Gasteiger partial charge on any atom is -1.45 e. The normalized spacial score (nSPS) is 11.9. The first-order chi connectivity index (χ1) is 14.2. The molecule has 0 aliphatic carbocycles. The summed E-state index contributed by atoms with van der Waals surface area (Å²) in [5, 5.41) is 0.140. The molecule has 0 aromatic heterocycles. The van der Waals surface area contributed by atoms with Crippen molar-refractivity contribution in [3.8, 4) is 22.3 Å². The van der Waals surface area contributed by atoms with Crippen LogP contribution in [0.1, 0.15) is 5.56 Å². The van der Waals surface area contributed by atoms with Crippen LogP contribution in [0, 0.1) is 0 Å². The first-order valence-electron chi connectivity index (χ1n) is 8.28. The molecule has 6 nitrogen and oxygen atoms in total. The van der Waals surface area contributed by atoms with E-state index in [2.05, 4.69) is 9.24 Å². The van der Waals surface area contributed by atoms with Crippen LogP contribution < -0.4 is 43.0 Å². The zero-order chi connectivity index (χ0) is 23.2. The molecule has 0 fully saturated rings. The zero-order valence-electron chi connectivity index (χ0n) is 17.2. The summed E-state index contributed by atoms with van der Waals surface area (Å²) in [4.78, 5) is -0.936. The van der Waals surface area contributed by atoms with Gasteiger partial charge in [0.1, 0.15) is 0 Å². The van der Waals surface area contributed by atoms with Crippen molar-refractivity contribution in [1.29, 1.82) is 0 Å². The molecule has 33 heavy (non-hydrogen) atoms. The van der Waals surface area contributed by atoms with Crippen molar-refractivity contribution < 1.29 is 76.8 Å². The van der Waals surface area contributed by atoms with Gasteiger partial charge < -0.3 is 14.5 Å². The monoisotopic (exact) mass is 502 g/mol. The van der Waals surface area contributed by atoms with Crippen molar-refractivity contribution in [2.24, 2.45) is 0 Å². The van der Waals surface area contributed by atoms with Crippen molar-refractivity contribution in [3.05, 3.63) is 66.2 Å². The van der Waals surface area contributed by atoms with Crippen LogP contribution in [0.25, 0.3) is 22.3 Å². The van der Waals surface area contributed by atoms with Gasteiger partial charge in [-0.2, -0.15) is 30.0 Å². The summed E-state index contributed by atoms with van der Waals surface area (Å²) in [5.41, 5.74) is -1.17. The van der Waals surface area contributed by atoms with Crippen molar-refractivity contribution in [2.75, 3.05) is 0 Å². The summed E-state index contributed by atoms with van der Waals surface area (Å²) in [7, 11) is -4.80. The maximum atomic E-state index is 13.8. The molecule has 0 saturated heterocycles. The molecule has 0 bridgehead atoms. The second-order valence-electron chi connectivity index (χ2n) is 6.38. The van der Waals surface area contributed by atoms with Gasteiger partial charge in [0.15, 0.2) is 0 Å². The van der Waals surface area contributed by atoms with Gasteiger partial charge in [0.25, 0.3) is 20.2 Å². The van der Waals surface area contributed by atoms with Crippen LogP contribution in [0.4, 0.5) is 13.2 Å². The quantitative estimate of drug-likeness (QED) is 0.258. The van der Waals surface area contributed by atoms with E-state index in [1.165, 1.54) is 12.1 Å². The van der Waals surface area contributed by atoms with E-state index >= 15 is 0 Å². The minimum absolute atomic E-state index is 0. The molecule has 3 aromatic carbocycles. The molecular weight excluding hydrogens is 490 g/mol. The molecule has 2 N–H and O–H groups in total. The Labute approximate surface area is 215 Å². The van der Waals surface area contributed by atoms with Crippen molar-refractivity contribution in [1.82, 2.24) is 0 Å². The van der Waals surface area contributed by atoms with Crippen LogP contribution in [0.5, 0.6) is 0 Å². The first kappa shape index (κ1) is 29.9. The molecule has 0 atom stereocenters. The molecular formula is C19H12F3Li2O6PS2. The Kier molecular flexibility index (Phi) is 9.67. The van der Waals surface area contributed by atoms with Crippen molar-refractivity contribution in [2.45, 2.75) is 16.0 Å². The summed E-state index contributed by atoms with van der Waals surface area (Å²) in [6.07, 6.45) is -4.78. The smallest absolute Gasteiger partial charge is 1.00 e. The first-order valence-corrected chi connectivity index (χ1v) is 11.6. The Balaban J connectivity index is 0.00000272. The van der Waals surface area contributed by atoms with E-state index in [1.807, 2.05) is 0 Å². The number of benzene rings is 3. The average Bonchev–Trinajstić information content (AvgIpc) is 2.65. The van der Waals surface area contributed by atoms with Crippen LogP contribution in [-0.2, 0) is 26.4 Å². The summed E-state index contributed by atoms with van der Waals surface area (Å²) < 4.78 is 105. The Bertz CT molecular complexity index is 1360. The van der Waals surface area contributed by atoms with Gasteiger partial charge in [-0.05, 0) is 41.0 Å². The van der Waals surface area contributed by atoms with Crippen LogP contribution in [0.15, 0.2) is 70.5 Å². The predicted molar refractivity (Wildman–Crippen MR) is 108 cm³/mol. The molecule has 0 spiro atoms. The summed E-state index contributed by atoms with van der Waals surface area (Å²) in [6.45, 7) is 0. The fraction of sp³-hybridized carbons (Fsp3) is 0.0526. The Morgan fingerprint density at radius 3 is 1.33 bits per heavy atom. The molecule has 0 unspecified atom stereocenters. The Morgan fingerprint density at radius 1 is 0.636 bits per heavy atom. The SMILES string of the molecule is O=S(=O)(O)c1ccc(-c2c([P-2])ccc(C(F)(F)F)c2-c2ccc(S(=O)(=O)O)cc2)cc1.[Li+].[Li+]. The van der Waals surface area contributed by atoms with E-state index in [1.54, 1.807) is 0 Å².